The monoisotopic (exact) mass is 226 g/mol. The maximum absolute atomic E-state index is 9.65. The Morgan fingerprint density at radius 2 is 2.12 bits per heavy atom. The Hall–Kier alpha value is -0.120. The van der Waals surface area contributed by atoms with Gasteiger partial charge in [0, 0.05) is 12.1 Å². The molecule has 0 amide bonds. The van der Waals surface area contributed by atoms with Gasteiger partial charge >= 0.3 is 0 Å². The van der Waals surface area contributed by atoms with Crippen LogP contribution < -0.4 is 5.32 Å². The SMILES string of the molecule is CC(C)(O)CCNC1CCN2CCCC2C1. The zero-order valence-corrected chi connectivity index (χ0v) is 10.7. The summed E-state index contributed by atoms with van der Waals surface area (Å²) in [6.07, 6.45) is 6.22. The van der Waals surface area contributed by atoms with Crippen LogP contribution in [0.1, 0.15) is 46.0 Å². The number of nitrogens with zero attached hydrogens (tertiary/aromatic N) is 1. The minimum absolute atomic E-state index is 0.527. The first-order chi connectivity index (χ1) is 7.54. The van der Waals surface area contributed by atoms with Gasteiger partial charge in [-0.05, 0) is 65.6 Å². The summed E-state index contributed by atoms with van der Waals surface area (Å²) in [4.78, 5) is 2.65. The molecule has 2 fully saturated rings. The zero-order valence-electron chi connectivity index (χ0n) is 10.7. The van der Waals surface area contributed by atoms with Crippen LogP contribution in [0.4, 0.5) is 0 Å². The van der Waals surface area contributed by atoms with E-state index in [-0.39, 0.29) is 0 Å². The topological polar surface area (TPSA) is 35.5 Å². The second kappa shape index (κ2) is 5.03. The fourth-order valence-corrected chi connectivity index (χ4v) is 2.99. The molecule has 2 unspecified atom stereocenters. The molecule has 2 aliphatic rings. The summed E-state index contributed by atoms with van der Waals surface area (Å²) in [5.74, 6) is 0. The Morgan fingerprint density at radius 3 is 2.88 bits per heavy atom. The summed E-state index contributed by atoms with van der Waals surface area (Å²) in [7, 11) is 0. The van der Waals surface area contributed by atoms with E-state index in [0.717, 1.165) is 19.0 Å². The second-order valence-electron chi connectivity index (χ2n) is 6.07. The predicted molar refractivity (Wildman–Crippen MR) is 66.5 cm³/mol. The lowest BCUT2D eigenvalue weighted by molar-refractivity contribution is 0.0685. The highest BCUT2D eigenvalue weighted by Gasteiger charge is 2.31. The second-order valence-corrected chi connectivity index (χ2v) is 6.07. The average Bonchev–Trinajstić information content (AvgIpc) is 2.62. The van der Waals surface area contributed by atoms with E-state index in [1.54, 1.807) is 0 Å². The molecule has 2 aliphatic heterocycles. The molecule has 0 aliphatic carbocycles. The molecule has 16 heavy (non-hydrogen) atoms. The van der Waals surface area contributed by atoms with Crippen molar-refractivity contribution >= 4 is 0 Å². The predicted octanol–water partition coefficient (Wildman–Crippen LogP) is 1.36. The third kappa shape index (κ3) is 3.44. The van der Waals surface area contributed by atoms with Crippen molar-refractivity contribution in [2.45, 2.75) is 63.6 Å². The van der Waals surface area contributed by atoms with Crippen LogP contribution in [-0.2, 0) is 0 Å². The average molecular weight is 226 g/mol. The van der Waals surface area contributed by atoms with Gasteiger partial charge in [-0.2, -0.15) is 0 Å². The van der Waals surface area contributed by atoms with Gasteiger partial charge in [0.1, 0.15) is 0 Å². The molecular weight excluding hydrogens is 200 g/mol. The van der Waals surface area contributed by atoms with Gasteiger partial charge in [0.2, 0.25) is 0 Å². The fourth-order valence-electron chi connectivity index (χ4n) is 2.99. The van der Waals surface area contributed by atoms with Crippen molar-refractivity contribution in [3.8, 4) is 0 Å². The first-order valence-corrected chi connectivity index (χ1v) is 6.74. The van der Waals surface area contributed by atoms with E-state index >= 15 is 0 Å². The summed E-state index contributed by atoms with van der Waals surface area (Å²) < 4.78 is 0. The van der Waals surface area contributed by atoms with Gasteiger partial charge in [-0.3, -0.25) is 0 Å². The maximum Gasteiger partial charge on any atom is 0.0603 e. The third-order valence-corrected chi connectivity index (χ3v) is 3.99. The molecule has 0 bridgehead atoms. The van der Waals surface area contributed by atoms with Crippen LogP contribution in [-0.4, -0.2) is 47.3 Å². The molecule has 2 saturated heterocycles. The van der Waals surface area contributed by atoms with Crippen molar-refractivity contribution < 1.29 is 5.11 Å². The third-order valence-electron chi connectivity index (χ3n) is 3.99. The van der Waals surface area contributed by atoms with Crippen molar-refractivity contribution in [2.24, 2.45) is 0 Å². The van der Waals surface area contributed by atoms with Crippen LogP contribution in [0, 0.1) is 0 Å². The molecule has 3 nitrogen and oxygen atoms in total. The molecule has 0 aromatic carbocycles. The Morgan fingerprint density at radius 1 is 1.31 bits per heavy atom. The smallest absolute Gasteiger partial charge is 0.0603 e. The minimum atomic E-state index is -0.527. The van der Waals surface area contributed by atoms with E-state index in [9.17, 15) is 5.11 Å². The molecule has 0 aromatic heterocycles. The number of fused-ring (bicyclic) bond motifs is 1. The van der Waals surface area contributed by atoms with Crippen LogP contribution in [0.3, 0.4) is 0 Å². The van der Waals surface area contributed by atoms with Crippen LogP contribution in [0.5, 0.6) is 0 Å². The summed E-state index contributed by atoms with van der Waals surface area (Å²) in [6.45, 7) is 7.30. The van der Waals surface area contributed by atoms with Gasteiger partial charge in [0.25, 0.3) is 0 Å². The van der Waals surface area contributed by atoms with Gasteiger partial charge in [-0.1, -0.05) is 0 Å². The zero-order chi connectivity index (χ0) is 11.6. The maximum atomic E-state index is 9.65. The van der Waals surface area contributed by atoms with Gasteiger partial charge in [0.15, 0.2) is 0 Å². The number of aliphatic hydroxyl groups is 1. The van der Waals surface area contributed by atoms with Crippen molar-refractivity contribution in [1.82, 2.24) is 10.2 Å². The quantitative estimate of drug-likeness (QED) is 0.760. The number of rotatable bonds is 4. The van der Waals surface area contributed by atoms with Crippen LogP contribution in [0.25, 0.3) is 0 Å². The van der Waals surface area contributed by atoms with Gasteiger partial charge in [-0.15, -0.1) is 0 Å². The molecule has 94 valence electrons. The van der Waals surface area contributed by atoms with Crippen molar-refractivity contribution in [3.63, 3.8) is 0 Å². The highest BCUT2D eigenvalue weighted by atomic mass is 16.3. The number of hydrogen-bond donors (Lipinski definition) is 2. The minimum Gasteiger partial charge on any atom is -0.390 e. The van der Waals surface area contributed by atoms with E-state index in [2.05, 4.69) is 10.2 Å². The summed E-state index contributed by atoms with van der Waals surface area (Å²) in [6, 6.07) is 1.52. The van der Waals surface area contributed by atoms with Crippen molar-refractivity contribution in [1.29, 1.82) is 0 Å². The van der Waals surface area contributed by atoms with E-state index in [0.29, 0.717) is 6.04 Å². The fraction of sp³-hybridized carbons (Fsp3) is 1.00. The van der Waals surface area contributed by atoms with Gasteiger partial charge in [0.05, 0.1) is 5.60 Å². The largest absolute Gasteiger partial charge is 0.390 e. The first-order valence-electron chi connectivity index (χ1n) is 6.74. The Kier molecular flexibility index (Phi) is 3.88. The Bertz CT molecular complexity index is 224. The van der Waals surface area contributed by atoms with Crippen molar-refractivity contribution in [2.75, 3.05) is 19.6 Å². The lowest BCUT2D eigenvalue weighted by Gasteiger charge is -2.35. The standard InChI is InChI=1S/C13H26N2O/c1-13(2,16)6-7-14-11-5-9-15-8-3-4-12(15)10-11/h11-12,14,16H,3-10H2,1-2H3. The molecule has 3 heteroatoms. The molecule has 2 N–H and O–H groups in total. The summed E-state index contributed by atoms with van der Waals surface area (Å²) in [5.41, 5.74) is -0.527. The van der Waals surface area contributed by atoms with Crippen molar-refractivity contribution in [3.05, 3.63) is 0 Å². The highest BCUT2D eigenvalue weighted by molar-refractivity contribution is 4.89. The van der Waals surface area contributed by atoms with Gasteiger partial charge < -0.3 is 15.3 Å². The van der Waals surface area contributed by atoms with Crippen LogP contribution in [0.15, 0.2) is 0 Å². The van der Waals surface area contributed by atoms with E-state index in [4.69, 9.17) is 0 Å². The van der Waals surface area contributed by atoms with E-state index in [1.807, 2.05) is 13.8 Å². The highest BCUT2D eigenvalue weighted by Crippen LogP contribution is 2.26. The molecule has 0 radical (unpaired) electrons. The Balaban J connectivity index is 1.67. The Labute approximate surface area is 99.2 Å². The molecule has 2 heterocycles. The van der Waals surface area contributed by atoms with Crippen LogP contribution >= 0.6 is 0 Å². The number of nitrogens with one attached hydrogen (secondary N) is 1. The molecule has 2 rings (SSSR count). The van der Waals surface area contributed by atoms with Gasteiger partial charge in [-0.25, -0.2) is 0 Å². The number of piperidine rings is 1. The molecule has 0 saturated carbocycles. The normalized spacial score (nSPS) is 31.7. The number of hydrogen-bond acceptors (Lipinski definition) is 3. The first kappa shape index (κ1) is 12.3. The van der Waals surface area contributed by atoms with E-state index in [1.165, 1.54) is 38.8 Å². The lowest BCUT2D eigenvalue weighted by Crippen LogP contribution is -2.46. The summed E-state index contributed by atoms with van der Waals surface area (Å²) >= 11 is 0. The molecule has 2 atom stereocenters. The molecular formula is C13H26N2O. The molecule has 0 spiro atoms. The lowest BCUT2D eigenvalue weighted by atomic mass is 9.97. The van der Waals surface area contributed by atoms with Crippen LogP contribution in [0.2, 0.25) is 0 Å². The summed E-state index contributed by atoms with van der Waals surface area (Å²) in [5, 5.41) is 13.3. The van der Waals surface area contributed by atoms with E-state index < -0.39 is 5.60 Å². The molecule has 0 aromatic rings.